The first-order chi connectivity index (χ1) is 9.56. The molecule has 20 heavy (non-hydrogen) atoms. The van der Waals surface area contributed by atoms with E-state index in [-0.39, 0.29) is 11.9 Å². The van der Waals surface area contributed by atoms with Crippen molar-refractivity contribution in [2.75, 3.05) is 0 Å². The molecule has 0 saturated carbocycles. The Balaban J connectivity index is 1.91. The molecule has 1 aromatic carbocycles. The zero-order valence-corrected chi connectivity index (χ0v) is 13.2. The van der Waals surface area contributed by atoms with E-state index < -0.39 is 0 Å². The summed E-state index contributed by atoms with van der Waals surface area (Å²) in [6.45, 7) is 3.98. The summed E-state index contributed by atoms with van der Waals surface area (Å²) in [4.78, 5) is 12.2. The Morgan fingerprint density at radius 1 is 1.40 bits per heavy atom. The number of aryl methyl sites for hydroxylation is 2. The molecule has 4 heteroatoms. The molecule has 1 N–H and O–H groups in total. The topological polar surface area (TPSA) is 42.2 Å². The molecule has 1 aromatic heterocycles. The first-order valence-corrected chi connectivity index (χ1v) is 7.45. The molecule has 0 saturated heterocycles. The van der Waals surface area contributed by atoms with Crippen LogP contribution in [-0.4, -0.2) is 11.9 Å². The van der Waals surface area contributed by atoms with Crippen LogP contribution >= 0.6 is 15.9 Å². The van der Waals surface area contributed by atoms with E-state index in [2.05, 4.69) is 21.2 Å². The average molecular weight is 336 g/mol. The normalized spacial score (nSPS) is 12.2. The molecule has 0 fully saturated rings. The zero-order chi connectivity index (χ0) is 14.5. The lowest BCUT2D eigenvalue weighted by molar-refractivity contribution is 0.0937. The molecule has 2 aromatic rings. The number of hydrogen-bond donors (Lipinski definition) is 1. The van der Waals surface area contributed by atoms with Gasteiger partial charge in [-0.3, -0.25) is 4.79 Å². The Bertz CT molecular complexity index is 578. The van der Waals surface area contributed by atoms with Crippen LogP contribution in [0.25, 0.3) is 0 Å². The van der Waals surface area contributed by atoms with Gasteiger partial charge in [0.05, 0.1) is 11.8 Å². The molecule has 2 rings (SSSR count). The van der Waals surface area contributed by atoms with Crippen LogP contribution in [0.3, 0.4) is 0 Å². The van der Waals surface area contributed by atoms with Crippen LogP contribution < -0.4 is 5.32 Å². The lowest BCUT2D eigenvalue weighted by Crippen LogP contribution is -2.33. The summed E-state index contributed by atoms with van der Waals surface area (Å²) in [5.74, 6) is 0.898. The van der Waals surface area contributed by atoms with Crippen LogP contribution in [0.4, 0.5) is 0 Å². The molecule has 0 bridgehead atoms. The van der Waals surface area contributed by atoms with Gasteiger partial charge in [-0.25, -0.2) is 0 Å². The summed E-state index contributed by atoms with van der Waals surface area (Å²) in [5, 5.41) is 3.02. The van der Waals surface area contributed by atoms with E-state index in [1.54, 1.807) is 6.26 Å². The molecule has 0 spiro atoms. The van der Waals surface area contributed by atoms with E-state index in [9.17, 15) is 4.79 Å². The number of nitrogens with one attached hydrogen (secondary N) is 1. The van der Waals surface area contributed by atoms with Crippen LogP contribution in [-0.2, 0) is 6.42 Å². The van der Waals surface area contributed by atoms with E-state index >= 15 is 0 Å². The fourth-order valence-corrected chi connectivity index (χ4v) is 2.43. The van der Waals surface area contributed by atoms with Crippen molar-refractivity contribution in [3.63, 3.8) is 0 Å². The van der Waals surface area contributed by atoms with Crippen molar-refractivity contribution >= 4 is 21.8 Å². The number of carbonyl (C=O) groups is 1. The van der Waals surface area contributed by atoms with E-state index in [4.69, 9.17) is 4.42 Å². The summed E-state index contributed by atoms with van der Waals surface area (Å²) in [6.07, 6.45) is 3.34. The van der Waals surface area contributed by atoms with Gasteiger partial charge >= 0.3 is 0 Å². The average Bonchev–Trinajstić information content (AvgIpc) is 2.92. The van der Waals surface area contributed by atoms with Crippen LogP contribution in [0.1, 0.15) is 35.0 Å². The summed E-state index contributed by atoms with van der Waals surface area (Å²) in [5.41, 5.74) is 1.75. The minimum atomic E-state index is -0.0486. The first kappa shape index (κ1) is 14.9. The molecular weight excluding hydrogens is 318 g/mol. The second-order valence-corrected chi connectivity index (χ2v) is 5.83. The molecule has 0 radical (unpaired) electrons. The van der Waals surface area contributed by atoms with Gasteiger partial charge in [0.1, 0.15) is 5.76 Å². The molecule has 1 heterocycles. The van der Waals surface area contributed by atoms with Gasteiger partial charge < -0.3 is 9.73 Å². The van der Waals surface area contributed by atoms with Gasteiger partial charge in [-0.2, -0.15) is 0 Å². The number of rotatable bonds is 5. The second kappa shape index (κ2) is 6.75. The fraction of sp³-hybridized carbons (Fsp3) is 0.312. The van der Waals surface area contributed by atoms with E-state index in [0.29, 0.717) is 5.56 Å². The standard InChI is InChI=1S/C16H18BrNO2/c1-11-5-8-15(17)14(10-11)16(19)18-12(2)6-7-13-4-3-9-20-13/h3-5,8-10,12H,6-7H2,1-2H3,(H,18,19). The smallest absolute Gasteiger partial charge is 0.252 e. The molecule has 1 amide bonds. The Labute approximate surface area is 127 Å². The van der Waals surface area contributed by atoms with Gasteiger partial charge in [-0.05, 0) is 60.5 Å². The van der Waals surface area contributed by atoms with E-state index in [0.717, 1.165) is 28.6 Å². The molecule has 3 nitrogen and oxygen atoms in total. The molecule has 1 unspecified atom stereocenters. The number of furan rings is 1. The Kier molecular flexibility index (Phi) is 5.01. The summed E-state index contributed by atoms with van der Waals surface area (Å²) >= 11 is 3.42. The maximum atomic E-state index is 12.2. The largest absolute Gasteiger partial charge is 0.469 e. The number of benzene rings is 1. The summed E-state index contributed by atoms with van der Waals surface area (Å²) in [7, 11) is 0. The Morgan fingerprint density at radius 3 is 2.90 bits per heavy atom. The zero-order valence-electron chi connectivity index (χ0n) is 11.7. The highest BCUT2D eigenvalue weighted by molar-refractivity contribution is 9.10. The number of amides is 1. The molecule has 0 aliphatic carbocycles. The minimum absolute atomic E-state index is 0.0486. The number of hydrogen-bond acceptors (Lipinski definition) is 2. The maximum absolute atomic E-state index is 12.2. The van der Waals surface area contributed by atoms with Crippen molar-refractivity contribution in [3.8, 4) is 0 Å². The maximum Gasteiger partial charge on any atom is 0.252 e. The van der Waals surface area contributed by atoms with Gasteiger partial charge in [0.15, 0.2) is 0 Å². The SMILES string of the molecule is Cc1ccc(Br)c(C(=O)NC(C)CCc2ccco2)c1. The number of halogens is 1. The van der Waals surface area contributed by atoms with E-state index in [1.165, 1.54) is 0 Å². The highest BCUT2D eigenvalue weighted by Crippen LogP contribution is 2.18. The van der Waals surface area contributed by atoms with Crippen molar-refractivity contribution in [2.45, 2.75) is 32.7 Å². The quantitative estimate of drug-likeness (QED) is 0.893. The van der Waals surface area contributed by atoms with Crippen LogP contribution in [0.5, 0.6) is 0 Å². The third-order valence-corrected chi connectivity index (χ3v) is 3.84. The fourth-order valence-electron chi connectivity index (χ4n) is 2.00. The molecule has 0 aliphatic heterocycles. The van der Waals surface area contributed by atoms with Gasteiger partial charge in [0, 0.05) is 16.9 Å². The van der Waals surface area contributed by atoms with Gasteiger partial charge in [-0.1, -0.05) is 11.6 Å². The monoisotopic (exact) mass is 335 g/mol. The van der Waals surface area contributed by atoms with Crippen molar-refractivity contribution in [2.24, 2.45) is 0 Å². The molecule has 1 atom stereocenters. The van der Waals surface area contributed by atoms with Gasteiger partial charge in [0.2, 0.25) is 0 Å². The predicted octanol–water partition coefficient (Wildman–Crippen LogP) is 4.10. The van der Waals surface area contributed by atoms with E-state index in [1.807, 2.05) is 44.2 Å². The molecular formula is C16H18BrNO2. The highest BCUT2D eigenvalue weighted by Gasteiger charge is 2.13. The molecule has 0 aliphatic rings. The van der Waals surface area contributed by atoms with Gasteiger partial charge in [-0.15, -0.1) is 0 Å². The Morgan fingerprint density at radius 2 is 2.20 bits per heavy atom. The van der Waals surface area contributed by atoms with Crippen molar-refractivity contribution in [3.05, 3.63) is 58.0 Å². The lowest BCUT2D eigenvalue weighted by atomic mass is 10.1. The van der Waals surface area contributed by atoms with Gasteiger partial charge in [0.25, 0.3) is 5.91 Å². The lowest BCUT2D eigenvalue weighted by Gasteiger charge is -2.14. The van der Waals surface area contributed by atoms with Crippen LogP contribution in [0, 0.1) is 6.92 Å². The first-order valence-electron chi connectivity index (χ1n) is 6.65. The van der Waals surface area contributed by atoms with Crippen molar-refractivity contribution in [1.29, 1.82) is 0 Å². The minimum Gasteiger partial charge on any atom is -0.469 e. The summed E-state index contributed by atoms with van der Waals surface area (Å²) in [6, 6.07) is 9.69. The van der Waals surface area contributed by atoms with Crippen molar-refractivity contribution in [1.82, 2.24) is 5.32 Å². The number of carbonyl (C=O) groups excluding carboxylic acids is 1. The van der Waals surface area contributed by atoms with Crippen molar-refractivity contribution < 1.29 is 9.21 Å². The Hall–Kier alpha value is -1.55. The van der Waals surface area contributed by atoms with Crippen LogP contribution in [0.15, 0.2) is 45.5 Å². The molecule has 106 valence electrons. The summed E-state index contributed by atoms with van der Waals surface area (Å²) < 4.78 is 6.11. The highest BCUT2D eigenvalue weighted by atomic mass is 79.9. The second-order valence-electron chi connectivity index (χ2n) is 4.98. The van der Waals surface area contributed by atoms with Crippen LogP contribution in [0.2, 0.25) is 0 Å². The predicted molar refractivity (Wildman–Crippen MR) is 82.8 cm³/mol. The third kappa shape index (κ3) is 3.97. The third-order valence-electron chi connectivity index (χ3n) is 3.15.